The molecule has 118 valence electrons. The van der Waals surface area contributed by atoms with Gasteiger partial charge in [0.05, 0.1) is 12.1 Å². The number of rotatable bonds is 3. The fraction of sp³-hybridized carbons (Fsp3) is 0.538. The van der Waals surface area contributed by atoms with E-state index in [1.165, 1.54) is 9.67 Å². The predicted molar refractivity (Wildman–Crippen MR) is 85.2 cm³/mol. The third-order valence-electron chi connectivity index (χ3n) is 3.90. The summed E-state index contributed by atoms with van der Waals surface area (Å²) in [5.41, 5.74) is -0.222. The summed E-state index contributed by atoms with van der Waals surface area (Å²) in [6.07, 6.45) is 2.74. The highest BCUT2D eigenvalue weighted by atomic mass is 35.5. The van der Waals surface area contributed by atoms with Gasteiger partial charge in [-0.3, -0.25) is 5.32 Å². The van der Waals surface area contributed by atoms with Crippen molar-refractivity contribution < 1.29 is 4.79 Å². The maximum absolute atomic E-state index is 12.5. The number of nitrogens with one attached hydrogen (secondary N) is 1. The minimum Gasteiger partial charge on any atom is -0.319 e. The molecule has 0 aromatic carbocycles. The molecule has 0 saturated carbocycles. The van der Waals surface area contributed by atoms with Crippen LogP contribution >= 0.6 is 22.9 Å². The molecule has 2 amide bonds. The molecule has 0 aliphatic carbocycles. The Morgan fingerprint density at radius 1 is 1.59 bits per heavy atom. The second-order valence-electron chi connectivity index (χ2n) is 5.69. The van der Waals surface area contributed by atoms with Crippen molar-refractivity contribution in [2.75, 3.05) is 11.9 Å². The molecule has 1 N–H and O–H groups in total. The maximum Gasteiger partial charge on any atom is 0.324 e. The van der Waals surface area contributed by atoms with Crippen LogP contribution in [0.5, 0.6) is 0 Å². The Balaban J connectivity index is 1.72. The van der Waals surface area contributed by atoms with Gasteiger partial charge in [-0.25, -0.2) is 4.79 Å². The zero-order valence-electron chi connectivity index (χ0n) is 12.4. The van der Waals surface area contributed by atoms with Gasteiger partial charge in [0.15, 0.2) is 0 Å². The number of carbonyl (C=O) groups is 1. The smallest absolute Gasteiger partial charge is 0.319 e. The van der Waals surface area contributed by atoms with Crippen molar-refractivity contribution in [3.8, 4) is 0 Å². The topological polar surface area (TPSA) is 75.9 Å². The number of hydrogen-bond donors (Lipinski definition) is 1. The van der Waals surface area contributed by atoms with Crippen LogP contribution in [0, 0.1) is 0 Å². The lowest BCUT2D eigenvalue weighted by molar-refractivity contribution is 0.168. The summed E-state index contributed by atoms with van der Waals surface area (Å²) in [5, 5.41) is 16.9. The molecule has 1 aliphatic heterocycles. The van der Waals surface area contributed by atoms with Gasteiger partial charge in [0, 0.05) is 28.8 Å². The first-order valence-electron chi connectivity index (χ1n) is 7.02. The van der Waals surface area contributed by atoms with Crippen molar-refractivity contribution in [1.29, 1.82) is 0 Å². The summed E-state index contributed by atoms with van der Waals surface area (Å²) in [7, 11) is 1.66. The number of hydrogen-bond acceptors (Lipinski definition) is 5. The van der Waals surface area contributed by atoms with Crippen molar-refractivity contribution in [1.82, 2.24) is 25.1 Å². The van der Waals surface area contributed by atoms with Gasteiger partial charge in [-0.1, -0.05) is 16.7 Å². The third kappa shape index (κ3) is 3.07. The Morgan fingerprint density at radius 2 is 2.41 bits per heavy atom. The molecule has 1 unspecified atom stereocenters. The van der Waals surface area contributed by atoms with Crippen molar-refractivity contribution in [3.63, 3.8) is 0 Å². The molecule has 22 heavy (non-hydrogen) atoms. The fourth-order valence-electron chi connectivity index (χ4n) is 2.87. The lowest BCUT2D eigenvalue weighted by Crippen LogP contribution is -2.48. The molecule has 0 bridgehead atoms. The molecular formula is C13H17ClN6OS. The van der Waals surface area contributed by atoms with Crippen LogP contribution in [0.3, 0.4) is 0 Å². The first kappa shape index (κ1) is 15.2. The van der Waals surface area contributed by atoms with E-state index in [4.69, 9.17) is 11.6 Å². The molecule has 1 fully saturated rings. The van der Waals surface area contributed by atoms with Crippen LogP contribution in [-0.4, -0.2) is 43.2 Å². The molecule has 2 aromatic heterocycles. The Morgan fingerprint density at radius 3 is 3.05 bits per heavy atom. The van der Waals surface area contributed by atoms with Gasteiger partial charge in [-0.15, -0.1) is 16.4 Å². The Hall–Kier alpha value is -1.67. The molecule has 0 radical (unpaired) electrons. The van der Waals surface area contributed by atoms with Crippen molar-refractivity contribution in [2.45, 2.75) is 31.7 Å². The van der Waals surface area contributed by atoms with E-state index < -0.39 is 0 Å². The Kier molecular flexibility index (Phi) is 4.05. The molecule has 0 spiro atoms. The SMILES string of the molecule is Cn1nnc(NC(=O)N2CCCC2(C)Cc2cc(Cl)cs2)n1. The lowest BCUT2D eigenvalue weighted by Gasteiger charge is -2.34. The number of thiophene rings is 1. The lowest BCUT2D eigenvalue weighted by atomic mass is 9.94. The number of nitrogens with zero attached hydrogens (tertiary/aromatic N) is 5. The molecule has 2 aromatic rings. The van der Waals surface area contributed by atoms with Crippen LogP contribution in [0.15, 0.2) is 11.4 Å². The van der Waals surface area contributed by atoms with E-state index in [0.29, 0.717) is 0 Å². The zero-order chi connectivity index (χ0) is 15.7. The maximum atomic E-state index is 12.5. The summed E-state index contributed by atoms with van der Waals surface area (Å²) in [4.78, 5) is 16.9. The average molecular weight is 341 g/mol. The first-order valence-corrected chi connectivity index (χ1v) is 8.28. The van der Waals surface area contributed by atoms with Crippen LogP contribution in [0.25, 0.3) is 0 Å². The zero-order valence-corrected chi connectivity index (χ0v) is 14.0. The normalized spacial score (nSPS) is 21.3. The summed E-state index contributed by atoms with van der Waals surface area (Å²) < 4.78 is 0. The molecule has 1 atom stereocenters. The Bertz CT molecular complexity index is 686. The van der Waals surface area contributed by atoms with Gasteiger partial charge in [-0.05, 0) is 31.0 Å². The molecule has 7 nitrogen and oxygen atoms in total. The van der Waals surface area contributed by atoms with Crippen LogP contribution in [0.2, 0.25) is 5.02 Å². The average Bonchev–Trinajstić information content (AvgIpc) is 3.12. The van der Waals surface area contributed by atoms with E-state index in [1.54, 1.807) is 18.4 Å². The van der Waals surface area contributed by atoms with Crippen molar-refractivity contribution >= 4 is 34.9 Å². The van der Waals surface area contributed by atoms with Crippen LogP contribution < -0.4 is 5.32 Å². The number of aryl methyl sites for hydroxylation is 1. The number of anilines is 1. The highest BCUT2D eigenvalue weighted by Crippen LogP contribution is 2.35. The van der Waals surface area contributed by atoms with E-state index >= 15 is 0 Å². The number of amides is 2. The Labute approximate surface area is 137 Å². The third-order valence-corrected chi connectivity index (χ3v) is 5.18. The quantitative estimate of drug-likeness (QED) is 0.931. The first-order chi connectivity index (χ1) is 10.5. The minimum atomic E-state index is -0.222. The highest BCUT2D eigenvalue weighted by Gasteiger charge is 2.40. The van der Waals surface area contributed by atoms with Gasteiger partial charge in [0.1, 0.15) is 0 Å². The fourth-order valence-corrected chi connectivity index (χ4v) is 4.12. The van der Waals surface area contributed by atoms with Gasteiger partial charge in [-0.2, -0.15) is 4.80 Å². The highest BCUT2D eigenvalue weighted by molar-refractivity contribution is 7.10. The van der Waals surface area contributed by atoms with E-state index in [-0.39, 0.29) is 17.5 Å². The summed E-state index contributed by atoms with van der Waals surface area (Å²) in [6.45, 7) is 2.83. The summed E-state index contributed by atoms with van der Waals surface area (Å²) in [5.74, 6) is 0.223. The van der Waals surface area contributed by atoms with Gasteiger partial charge >= 0.3 is 6.03 Å². The van der Waals surface area contributed by atoms with E-state index in [2.05, 4.69) is 27.7 Å². The van der Waals surface area contributed by atoms with E-state index in [9.17, 15) is 4.79 Å². The number of urea groups is 1. The largest absolute Gasteiger partial charge is 0.324 e. The number of aromatic nitrogens is 4. The molecular weight excluding hydrogens is 324 g/mol. The predicted octanol–water partition coefficient (Wildman–Crippen LogP) is 2.55. The molecule has 3 heterocycles. The van der Waals surface area contributed by atoms with Crippen LogP contribution in [0.1, 0.15) is 24.6 Å². The summed E-state index contributed by atoms with van der Waals surface area (Å²) >= 11 is 7.62. The van der Waals surface area contributed by atoms with Gasteiger partial charge in [0.25, 0.3) is 5.95 Å². The van der Waals surface area contributed by atoms with Crippen LogP contribution in [0.4, 0.5) is 10.7 Å². The summed E-state index contributed by atoms with van der Waals surface area (Å²) in [6, 6.07) is 1.78. The molecule has 3 rings (SSSR count). The number of halogens is 1. The second kappa shape index (κ2) is 5.85. The second-order valence-corrected chi connectivity index (χ2v) is 7.13. The van der Waals surface area contributed by atoms with Gasteiger partial charge < -0.3 is 4.90 Å². The molecule has 1 saturated heterocycles. The molecule has 1 aliphatic rings. The number of likely N-dealkylation sites (tertiary alicyclic amines) is 1. The van der Waals surface area contributed by atoms with Crippen molar-refractivity contribution in [3.05, 3.63) is 21.3 Å². The van der Waals surface area contributed by atoms with E-state index in [1.807, 2.05) is 16.3 Å². The van der Waals surface area contributed by atoms with Crippen molar-refractivity contribution in [2.24, 2.45) is 7.05 Å². The number of tetrazole rings is 1. The number of carbonyl (C=O) groups excluding carboxylic acids is 1. The monoisotopic (exact) mass is 340 g/mol. The van der Waals surface area contributed by atoms with E-state index in [0.717, 1.165) is 30.8 Å². The minimum absolute atomic E-state index is 0.185. The molecule has 9 heteroatoms. The van der Waals surface area contributed by atoms with Crippen LogP contribution in [-0.2, 0) is 13.5 Å². The standard InChI is InChI=1S/C13H17ClN6OS/c1-13(7-10-6-9(14)8-22-10)4-3-5-20(13)12(21)15-11-16-18-19(2)17-11/h6,8H,3-5,7H2,1-2H3,(H,15,17,21). The van der Waals surface area contributed by atoms with Gasteiger partial charge in [0.2, 0.25) is 0 Å².